The predicted octanol–water partition coefficient (Wildman–Crippen LogP) is 2.79. The minimum Gasteiger partial charge on any atom is -0.480 e. The summed E-state index contributed by atoms with van der Waals surface area (Å²) in [4.78, 5) is 11.0. The third-order valence-corrected chi connectivity index (χ3v) is 2.60. The highest BCUT2D eigenvalue weighted by molar-refractivity contribution is 5.73. The van der Waals surface area contributed by atoms with E-state index in [1.165, 1.54) is 0 Å². The summed E-state index contributed by atoms with van der Waals surface area (Å²) in [6.07, 6.45) is 4.58. The number of carboxylic acids is 1. The topological polar surface area (TPSA) is 49.3 Å². The van der Waals surface area contributed by atoms with Crippen LogP contribution in [0.25, 0.3) is 6.08 Å². The molecule has 0 spiro atoms. The molecule has 0 heterocycles. The van der Waals surface area contributed by atoms with Gasteiger partial charge in [-0.1, -0.05) is 56.3 Å². The minimum atomic E-state index is -0.781. The van der Waals surface area contributed by atoms with Crippen LogP contribution in [0.5, 0.6) is 0 Å². The average molecular weight is 247 g/mol. The van der Waals surface area contributed by atoms with Gasteiger partial charge in [0.1, 0.15) is 6.04 Å². The molecule has 1 unspecified atom stereocenters. The number of carboxylic acid groups (broad SMARTS) is 1. The summed E-state index contributed by atoms with van der Waals surface area (Å²) in [5.74, 6) is -0.409. The Hall–Kier alpha value is -1.61. The van der Waals surface area contributed by atoms with Crippen LogP contribution in [0.3, 0.4) is 0 Å². The normalized spacial score (nSPS) is 13.1. The second kappa shape index (κ2) is 7.67. The van der Waals surface area contributed by atoms with E-state index in [4.69, 9.17) is 5.11 Å². The van der Waals surface area contributed by atoms with Crippen molar-refractivity contribution in [3.05, 3.63) is 42.0 Å². The number of benzene rings is 1. The predicted molar refractivity (Wildman–Crippen MR) is 74.4 cm³/mol. The van der Waals surface area contributed by atoms with E-state index >= 15 is 0 Å². The lowest BCUT2D eigenvalue weighted by atomic mass is 10.0. The summed E-state index contributed by atoms with van der Waals surface area (Å²) in [5, 5.41) is 12.1. The highest BCUT2D eigenvalue weighted by Crippen LogP contribution is 2.05. The third-order valence-electron chi connectivity index (χ3n) is 2.60. The molecule has 2 N–H and O–H groups in total. The first kappa shape index (κ1) is 14.5. The molecule has 98 valence electrons. The molecule has 3 heteroatoms. The Morgan fingerprint density at radius 3 is 2.56 bits per heavy atom. The monoisotopic (exact) mass is 247 g/mol. The van der Waals surface area contributed by atoms with Gasteiger partial charge in [0.15, 0.2) is 0 Å². The van der Waals surface area contributed by atoms with Gasteiger partial charge in [0.25, 0.3) is 0 Å². The standard InChI is InChI=1S/C15H21NO2/c1-12(2)11-14(15(17)18)16-10-6-9-13-7-4-3-5-8-13/h3-9,12,14,16H,10-11H2,1-2H3,(H,17,18). The maximum atomic E-state index is 11.0. The van der Waals surface area contributed by atoms with E-state index in [1.54, 1.807) is 0 Å². The molecule has 0 aliphatic heterocycles. The molecule has 3 nitrogen and oxygen atoms in total. The van der Waals surface area contributed by atoms with Gasteiger partial charge in [0.2, 0.25) is 0 Å². The molecule has 1 aromatic rings. The molecular formula is C15H21NO2. The Morgan fingerprint density at radius 2 is 2.00 bits per heavy atom. The zero-order valence-electron chi connectivity index (χ0n) is 11.0. The SMILES string of the molecule is CC(C)CC(NCC=Cc1ccccc1)C(=O)O. The van der Waals surface area contributed by atoms with Gasteiger partial charge in [0.05, 0.1) is 0 Å². The average Bonchev–Trinajstić information content (AvgIpc) is 2.33. The Balaban J connectivity index is 2.39. The van der Waals surface area contributed by atoms with Crippen LogP contribution >= 0.6 is 0 Å². The quantitative estimate of drug-likeness (QED) is 0.779. The molecule has 0 aliphatic carbocycles. The molecule has 1 atom stereocenters. The Morgan fingerprint density at radius 1 is 1.33 bits per heavy atom. The highest BCUT2D eigenvalue weighted by atomic mass is 16.4. The molecule has 1 rings (SSSR count). The molecule has 18 heavy (non-hydrogen) atoms. The van der Waals surface area contributed by atoms with Crippen molar-refractivity contribution in [2.75, 3.05) is 6.54 Å². The van der Waals surface area contributed by atoms with Gasteiger partial charge in [-0.25, -0.2) is 0 Å². The first-order chi connectivity index (χ1) is 8.59. The van der Waals surface area contributed by atoms with Crippen molar-refractivity contribution < 1.29 is 9.90 Å². The summed E-state index contributed by atoms with van der Waals surface area (Å²) < 4.78 is 0. The summed E-state index contributed by atoms with van der Waals surface area (Å²) in [7, 11) is 0. The maximum Gasteiger partial charge on any atom is 0.320 e. The third kappa shape index (κ3) is 5.64. The van der Waals surface area contributed by atoms with Gasteiger partial charge in [-0.2, -0.15) is 0 Å². The van der Waals surface area contributed by atoms with Gasteiger partial charge in [-0.15, -0.1) is 0 Å². The van der Waals surface area contributed by atoms with Crippen molar-refractivity contribution in [3.63, 3.8) is 0 Å². The van der Waals surface area contributed by atoms with Gasteiger partial charge >= 0.3 is 5.97 Å². The van der Waals surface area contributed by atoms with E-state index < -0.39 is 12.0 Å². The molecule has 0 aromatic heterocycles. The van der Waals surface area contributed by atoms with Gasteiger partial charge in [-0.3, -0.25) is 4.79 Å². The zero-order valence-corrected chi connectivity index (χ0v) is 11.0. The number of hydrogen-bond acceptors (Lipinski definition) is 2. The Bertz CT molecular complexity index is 385. The molecule has 0 saturated heterocycles. The molecular weight excluding hydrogens is 226 g/mol. The molecule has 0 fully saturated rings. The van der Waals surface area contributed by atoms with Crippen molar-refractivity contribution in [2.45, 2.75) is 26.3 Å². The highest BCUT2D eigenvalue weighted by Gasteiger charge is 2.16. The first-order valence-electron chi connectivity index (χ1n) is 6.27. The summed E-state index contributed by atoms with van der Waals surface area (Å²) in [5.41, 5.74) is 1.12. The first-order valence-corrected chi connectivity index (χ1v) is 6.27. The number of rotatable bonds is 7. The van der Waals surface area contributed by atoms with Crippen molar-refractivity contribution in [2.24, 2.45) is 5.92 Å². The van der Waals surface area contributed by atoms with Crippen molar-refractivity contribution in [3.8, 4) is 0 Å². The molecule has 0 aliphatic rings. The van der Waals surface area contributed by atoms with Gasteiger partial charge in [0, 0.05) is 6.54 Å². The fourth-order valence-corrected chi connectivity index (χ4v) is 1.71. The Labute approximate surface area is 109 Å². The molecule has 0 amide bonds. The van der Waals surface area contributed by atoms with Crippen LogP contribution in [0.15, 0.2) is 36.4 Å². The minimum absolute atomic E-state index is 0.372. The molecule has 0 saturated carbocycles. The number of aliphatic carboxylic acids is 1. The van der Waals surface area contributed by atoms with Gasteiger partial charge in [-0.05, 0) is 17.9 Å². The molecule has 0 radical (unpaired) electrons. The van der Waals surface area contributed by atoms with Crippen LogP contribution in [0.2, 0.25) is 0 Å². The fraction of sp³-hybridized carbons (Fsp3) is 0.400. The van der Waals surface area contributed by atoms with Gasteiger partial charge < -0.3 is 10.4 Å². The smallest absolute Gasteiger partial charge is 0.320 e. The van der Waals surface area contributed by atoms with E-state index in [2.05, 4.69) is 5.32 Å². The number of nitrogens with one attached hydrogen (secondary N) is 1. The van der Waals surface area contributed by atoms with Crippen LogP contribution in [0.4, 0.5) is 0 Å². The van der Waals surface area contributed by atoms with E-state index in [9.17, 15) is 4.79 Å². The summed E-state index contributed by atoms with van der Waals surface area (Å²) >= 11 is 0. The van der Waals surface area contributed by atoms with E-state index in [0.29, 0.717) is 18.9 Å². The van der Waals surface area contributed by atoms with E-state index in [0.717, 1.165) is 5.56 Å². The lowest BCUT2D eigenvalue weighted by molar-refractivity contribution is -0.139. The summed E-state index contributed by atoms with van der Waals surface area (Å²) in [6, 6.07) is 9.49. The largest absolute Gasteiger partial charge is 0.480 e. The fourth-order valence-electron chi connectivity index (χ4n) is 1.71. The second-order valence-electron chi connectivity index (χ2n) is 4.74. The van der Waals surface area contributed by atoms with Crippen molar-refractivity contribution in [1.82, 2.24) is 5.32 Å². The zero-order chi connectivity index (χ0) is 13.4. The summed E-state index contributed by atoms with van der Waals surface area (Å²) in [6.45, 7) is 4.62. The lowest BCUT2D eigenvalue weighted by Crippen LogP contribution is -2.37. The molecule has 0 bridgehead atoms. The Kier molecular flexibility index (Phi) is 6.15. The van der Waals surface area contributed by atoms with Crippen LogP contribution in [0, 0.1) is 5.92 Å². The number of hydrogen-bond donors (Lipinski definition) is 2. The van der Waals surface area contributed by atoms with Crippen LogP contribution in [0.1, 0.15) is 25.8 Å². The van der Waals surface area contributed by atoms with Crippen molar-refractivity contribution >= 4 is 12.0 Å². The van der Waals surface area contributed by atoms with Crippen molar-refractivity contribution in [1.29, 1.82) is 0 Å². The number of carbonyl (C=O) groups is 1. The second-order valence-corrected chi connectivity index (χ2v) is 4.74. The van der Waals surface area contributed by atoms with E-state index in [-0.39, 0.29) is 0 Å². The maximum absolute atomic E-state index is 11.0. The lowest BCUT2D eigenvalue weighted by Gasteiger charge is -2.15. The van der Waals surface area contributed by atoms with Crippen LogP contribution in [-0.4, -0.2) is 23.7 Å². The van der Waals surface area contributed by atoms with Crippen LogP contribution in [-0.2, 0) is 4.79 Å². The molecule has 1 aromatic carbocycles. The van der Waals surface area contributed by atoms with Crippen LogP contribution < -0.4 is 5.32 Å². The van der Waals surface area contributed by atoms with E-state index in [1.807, 2.05) is 56.3 Å².